The molecule has 0 saturated heterocycles. The van der Waals surface area contributed by atoms with Gasteiger partial charge < -0.3 is 14.6 Å². The van der Waals surface area contributed by atoms with Crippen molar-refractivity contribution in [2.75, 3.05) is 5.32 Å². The lowest BCUT2D eigenvalue weighted by Gasteiger charge is -2.09. The molecule has 3 rings (SSSR count). The number of hydrogen-bond acceptors (Lipinski definition) is 4. The van der Waals surface area contributed by atoms with Crippen molar-refractivity contribution >= 4 is 34.8 Å². The van der Waals surface area contributed by atoms with Crippen molar-refractivity contribution in [2.45, 2.75) is 20.5 Å². The average Bonchev–Trinajstić information content (AvgIpc) is 2.94. The molecule has 0 spiro atoms. The summed E-state index contributed by atoms with van der Waals surface area (Å²) in [5, 5.41) is 7.42. The first kappa shape index (κ1) is 18.3. The highest BCUT2D eigenvalue weighted by atomic mass is 35.5. The fraction of sp³-hybridized carbons (Fsp3) is 0.158. The number of aromatic nitrogens is 1. The first-order valence-corrected chi connectivity index (χ1v) is 8.60. The van der Waals surface area contributed by atoms with E-state index in [4.69, 9.17) is 32.5 Å². The molecular weight excluding hydrogens is 375 g/mol. The molecule has 3 aromatic rings. The van der Waals surface area contributed by atoms with Gasteiger partial charge in [0, 0.05) is 15.7 Å². The van der Waals surface area contributed by atoms with E-state index in [9.17, 15) is 4.79 Å². The molecule has 26 heavy (non-hydrogen) atoms. The minimum absolute atomic E-state index is 0.159. The highest BCUT2D eigenvalue weighted by Crippen LogP contribution is 2.24. The number of carbonyl (C=O) groups excluding carboxylic acids is 1. The molecule has 1 heterocycles. The summed E-state index contributed by atoms with van der Waals surface area (Å²) in [6.07, 6.45) is 0. The molecule has 1 aromatic heterocycles. The fourth-order valence-corrected chi connectivity index (χ4v) is 2.95. The smallest absolute Gasteiger partial charge is 0.278 e. The van der Waals surface area contributed by atoms with Gasteiger partial charge in [0.2, 0.25) is 0 Å². The molecule has 0 aliphatic rings. The molecule has 0 aliphatic heterocycles. The molecule has 134 valence electrons. The SMILES string of the molecule is Cc1ccccc1OCc1c(C(=O)Nc2cc(Cl)cc(Cl)c2)noc1C. The predicted octanol–water partition coefficient (Wildman–Crippen LogP) is 5.43. The minimum atomic E-state index is -0.427. The van der Waals surface area contributed by atoms with Gasteiger partial charge in [-0.2, -0.15) is 0 Å². The number of carbonyl (C=O) groups is 1. The molecule has 1 amide bonds. The van der Waals surface area contributed by atoms with Crippen LogP contribution in [0.5, 0.6) is 5.75 Å². The van der Waals surface area contributed by atoms with Crippen LogP contribution >= 0.6 is 23.2 Å². The summed E-state index contributed by atoms with van der Waals surface area (Å²) in [6, 6.07) is 12.4. The van der Waals surface area contributed by atoms with Crippen LogP contribution in [0.3, 0.4) is 0 Å². The third-order valence-electron chi connectivity index (χ3n) is 3.79. The highest BCUT2D eigenvalue weighted by molar-refractivity contribution is 6.35. The fourth-order valence-electron chi connectivity index (χ4n) is 2.42. The average molecular weight is 391 g/mol. The van der Waals surface area contributed by atoms with Crippen molar-refractivity contribution in [3.8, 4) is 5.75 Å². The Balaban J connectivity index is 1.78. The number of ether oxygens (including phenoxy) is 1. The lowest BCUT2D eigenvalue weighted by molar-refractivity contribution is 0.101. The van der Waals surface area contributed by atoms with Crippen LogP contribution in [0.1, 0.15) is 27.4 Å². The second-order valence-corrected chi connectivity index (χ2v) is 6.61. The second kappa shape index (κ2) is 7.81. The summed E-state index contributed by atoms with van der Waals surface area (Å²) in [5.74, 6) is 0.831. The van der Waals surface area contributed by atoms with Crippen molar-refractivity contribution in [3.63, 3.8) is 0 Å². The maximum Gasteiger partial charge on any atom is 0.278 e. The zero-order chi connectivity index (χ0) is 18.7. The molecule has 0 saturated carbocycles. The Morgan fingerprint density at radius 1 is 1.15 bits per heavy atom. The number of para-hydroxylation sites is 1. The number of hydrogen-bond donors (Lipinski definition) is 1. The van der Waals surface area contributed by atoms with E-state index in [1.807, 2.05) is 31.2 Å². The Hall–Kier alpha value is -2.50. The van der Waals surface area contributed by atoms with E-state index >= 15 is 0 Å². The minimum Gasteiger partial charge on any atom is -0.488 e. The first-order valence-electron chi connectivity index (χ1n) is 7.85. The van der Waals surface area contributed by atoms with Crippen LogP contribution in [0.15, 0.2) is 47.0 Å². The van der Waals surface area contributed by atoms with Crippen LogP contribution in [-0.2, 0) is 6.61 Å². The zero-order valence-electron chi connectivity index (χ0n) is 14.2. The van der Waals surface area contributed by atoms with Gasteiger partial charge in [0.1, 0.15) is 18.1 Å². The highest BCUT2D eigenvalue weighted by Gasteiger charge is 2.21. The van der Waals surface area contributed by atoms with Crippen LogP contribution in [-0.4, -0.2) is 11.1 Å². The molecule has 0 atom stereocenters. The first-order chi connectivity index (χ1) is 12.4. The van der Waals surface area contributed by atoms with E-state index in [0.29, 0.717) is 27.1 Å². The van der Waals surface area contributed by atoms with Gasteiger partial charge in [-0.25, -0.2) is 0 Å². The summed E-state index contributed by atoms with van der Waals surface area (Å²) in [7, 11) is 0. The normalized spacial score (nSPS) is 10.6. The number of benzene rings is 2. The molecular formula is C19H16Cl2N2O3. The molecule has 7 heteroatoms. The Bertz CT molecular complexity index is 933. The van der Waals surface area contributed by atoms with Crippen molar-refractivity contribution in [3.05, 3.63) is 75.1 Å². The number of nitrogens with one attached hydrogen (secondary N) is 1. The van der Waals surface area contributed by atoms with Gasteiger partial charge in [0.25, 0.3) is 5.91 Å². The Kier molecular flexibility index (Phi) is 5.49. The maximum absolute atomic E-state index is 12.6. The summed E-state index contributed by atoms with van der Waals surface area (Å²) < 4.78 is 11.0. The summed E-state index contributed by atoms with van der Waals surface area (Å²) in [5.41, 5.74) is 2.21. The summed E-state index contributed by atoms with van der Waals surface area (Å²) >= 11 is 11.9. The van der Waals surface area contributed by atoms with Gasteiger partial charge in [0.05, 0.1) is 5.56 Å². The molecule has 0 radical (unpaired) electrons. The third kappa shape index (κ3) is 4.18. The van der Waals surface area contributed by atoms with Crippen molar-refractivity contribution in [1.29, 1.82) is 0 Å². The van der Waals surface area contributed by atoms with E-state index in [1.54, 1.807) is 25.1 Å². The third-order valence-corrected chi connectivity index (χ3v) is 4.22. The van der Waals surface area contributed by atoms with Crippen molar-refractivity contribution < 1.29 is 14.1 Å². The second-order valence-electron chi connectivity index (χ2n) is 5.73. The lowest BCUT2D eigenvalue weighted by Crippen LogP contribution is -2.15. The van der Waals surface area contributed by atoms with Gasteiger partial charge >= 0.3 is 0 Å². The number of nitrogens with zero attached hydrogens (tertiary/aromatic N) is 1. The number of aryl methyl sites for hydroxylation is 2. The Morgan fingerprint density at radius 3 is 2.54 bits per heavy atom. The quantitative estimate of drug-likeness (QED) is 0.630. The molecule has 5 nitrogen and oxygen atoms in total. The summed E-state index contributed by atoms with van der Waals surface area (Å²) in [4.78, 5) is 12.6. The lowest BCUT2D eigenvalue weighted by atomic mass is 10.2. The maximum atomic E-state index is 12.6. The van der Waals surface area contributed by atoms with E-state index in [0.717, 1.165) is 11.3 Å². The van der Waals surface area contributed by atoms with Gasteiger partial charge in [-0.05, 0) is 43.7 Å². The Morgan fingerprint density at radius 2 is 1.85 bits per heavy atom. The van der Waals surface area contributed by atoms with Crippen LogP contribution in [0.2, 0.25) is 10.0 Å². The zero-order valence-corrected chi connectivity index (χ0v) is 15.7. The van der Waals surface area contributed by atoms with E-state index in [2.05, 4.69) is 10.5 Å². The number of amides is 1. The van der Waals surface area contributed by atoms with Crippen molar-refractivity contribution in [2.24, 2.45) is 0 Å². The van der Waals surface area contributed by atoms with E-state index in [-0.39, 0.29) is 12.3 Å². The van der Waals surface area contributed by atoms with Gasteiger partial charge in [-0.1, -0.05) is 46.6 Å². The molecule has 0 unspecified atom stereocenters. The number of rotatable bonds is 5. The predicted molar refractivity (Wildman–Crippen MR) is 101 cm³/mol. The van der Waals surface area contributed by atoms with E-state index in [1.165, 1.54) is 0 Å². The van der Waals surface area contributed by atoms with Gasteiger partial charge in [0.15, 0.2) is 5.69 Å². The largest absolute Gasteiger partial charge is 0.488 e. The molecule has 0 aliphatic carbocycles. The topological polar surface area (TPSA) is 64.4 Å². The van der Waals surface area contributed by atoms with Crippen LogP contribution in [0.25, 0.3) is 0 Å². The molecule has 2 aromatic carbocycles. The van der Waals surface area contributed by atoms with Crippen LogP contribution in [0.4, 0.5) is 5.69 Å². The number of halogens is 2. The van der Waals surface area contributed by atoms with E-state index < -0.39 is 5.91 Å². The monoisotopic (exact) mass is 390 g/mol. The molecule has 0 fully saturated rings. The van der Waals surface area contributed by atoms with Gasteiger partial charge in [-0.15, -0.1) is 0 Å². The van der Waals surface area contributed by atoms with Crippen LogP contribution < -0.4 is 10.1 Å². The molecule has 1 N–H and O–H groups in total. The van der Waals surface area contributed by atoms with Crippen molar-refractivity contribution in [1.82, 2.24) is 5.16 Å². The molecule has 0 bridgehead atoms. The standard InChI is InChI=1S/C19H16Cl2N2O3/c1-11-5-3-4-6-17(11)25-10-16-12(2)26-23-18(16)19(24)22-15-8-13(20)7-14(21)9-15/h3-9H,10H2,1-2H3,(H,22,24). The van der Waals surface area contributed by atoms with Gasteiger partial charge in [-0.3, -0.25) is 4.79 Å². The Labute approximate surface area is 160 Å². The summed E-state index contributed by atoms with van der Waals surface area (Å²) in [6.45, 7) is 3.85. The number of anilines is 1. The van der Waals surface area contributed by atoms with Crippen LogP contribution in [0, 0.1) is 13.8 Å².